The van der Waals surface area contributed by atoms with Gasteiger partial charge in [-0.05, 0) is 44.5 Å². The van der Waals surface area contributed by atoms with Gasteiger partial charge in [0.05, 0.1) is 16.5 Å². The van der Waals surface area contributed by atoms with Gasteiger partial charge in [0.2, 0.25) is 5.91 Å². The molecule has 1 aliphatic heterocycles. The molecule has 1 aromatic rings. The average Bonchev–Trinajstić information content (AvgIpc) is 2.93. The van der Waals surface area contributed by atoms with Crippen molar-refractivity contribution in [2.75, 3.05) is 38.7 Å². The molecule has 1 fully saturated rings. The van der Waals surface area contributed by atoms with E-state index in [4.69, 9.17) is 4.74 Å². The maximum Gasteiger partial charge on any atom is 0.261 e. The van der Waals surface area contributed by atoms with E-state index in [1.165, 1.54) is 11.3 Å². The van der Waals surface area contributed by atoms with Crippen LogP contribution in [0.1, 0.15) is 48.8 Å². The Morgan fingerprint density at radius 3 is 2.48 bits per heavy atom. The average molecular weight is 418 g/mol. The lowest BCUT2D eigenvalue weighted by Crippen LogP contribution is -2.47. The number of halogens is 1. The minimum absolute atomic E-state index is 0. The van der Waals surface area contributed by atoms with Gasteiger partial charge in [0.15, 0.2) is 0 Å². The van der Waals surface area contributed by atoms with Gasteiger partial charge in [-0.25, -0.2) is 0 Å². The zero-order valence-electron chi connectivity index (χ0n) is 16.9. The lowest BCUT2D eigenvalue weighted by Gasteiger charge is -2.37. The number of anilines is 1. The molecule has 2 amide bonds. The molecule has 1 aromatic heterocycles. The van der Waals surface area contributed by atoms with Crippen molar-refractivity contribution in [3.8, 4) is 0 Å². The molecule has 2 heterocycles. The zero-order chi connectivity index (χ0) is 19.4. The Bertz CT molecular complexity index is 644. The second kappa shape index (κ2) is 9.87. The Labute approximate surface area is 172 Å². The van der Waals surface area contributed by atoms with E-state index >= 15 is 0 Å². The van der Waals surface area contributed by atoms with E-state index in [1.54, 1.807) is 7.11 Å². The van der Waals surface area contributed by atoms with Gasteiger partial charge < -0.3 is 20.7 Å². The fourth-order valence-electron chi connectivity index (χ4n) is 3.05. The first kappa shape index (κ1) is 23.9. The van der Waals surface area contributed by atoms with Crippen LogP contribution in [0.4, 0.5) is 5.00 Å². The Morgan fingerprint density at radius 1 is 1.30 bits per heavy atom. The number of hydrogen-bond acceptors (Lipinski definition) is 5. The Balaban J connectivity index is 0.00000364. The third-order valence-corrected chi connectivity index (χ3v) is 5.93. The largest absolute Gasteiger partial charge is 0.384 e. The lowest BCUT2D eigenvalue weighted by molar-refractivity contribution is -0.123. The van der Waals surface area contributed by atoms with E-state index in [2.05, 4.69) is 16.0 Å². The lowest BCUT2D eigenvalue weighted by atomic mass is 9.79. The highest BCUT2D eigenvalue weighted by Gasteiger charge is 2.33. The smallest absolute Gasteiger partial charge is 0.261 e. The van der Waals surface area contributed by atoms with Crippen LogP contribution in [0.15, 0.2) is 6.07 Å². The highest BCUT2D eigenvalue weighted by molar-refractivity contribution is 7.18. The van der Waals surface area contributed by atoms with Gasteiger partial charge >= 0.3 is 0 Å². The van der Waals surface area contributed by atoms with Crippen LogP contribution < -0.4 is 16.0 Å². The molecule has 0 unspecified atom stereocenters. The number of methoxy groups -OCH3 is 1. The van der Waals surface area contributed by atoms with Crippen LogP contribution in [0, 0.1) is 17.8 Å². The molecular formula is C19H32ClN3O3S. The molecule has 0 spiro atoms. The summed E-state index contributed by atoms with van der Waals surface area (Å²) < 4.78 is 5.40. The highest BCUT2D eigenvalue weighted by Crippen LogP contribution is 2.30. The Kier molecular flexibility index (Phi) is 8.73. The zero-order valence-corrected chi connectivity index (χ0v) is 18.5. The second-order valence-electron chi connectivity index (χ2n) is 8.19. The van der Waals surface area contributed by atoms with Crippen molar-refractivity contribution >= 4 is 40.6 Å². The maximum absolute atomic E-state index is 12.7. The molecule has 1 saturated heterocycles. The summed E-state index contributed by atoms with van der Waals surface area (Å²) in [4.78, 5) is 25.5. The van der Waals surface area contributed by atoms with Gasteiger partial charge in [-0.3, -0.25) is 9.59 Å². The van der Waals surface area contributed by atoms with Crippen LogP contribution in [0.25, 0.3) is 0 Å². The van der Waals surface area contributed by atoms with E-state index in [0.717, 1.165) is 31.5 Å². The maximum atomic E-state index is 12.7. The molecule has 154 valence electrons. The van der Waals surface area contributed by atoms with Crippen molar-refractivity contribution in [1.82, 2.24) is 10.6 Å². The molecule has 2 rings (SSSR count). The van der Waals surface area contributed by atoms with Crippen molar-refractivity contribution in [3.63, 3.8) is 0 Å². The van der Waals surface area contributed by atoms with E-state index in [-0.39, 0.29) is 29.6 Å². The van der Waals surface area contributed by atoms with Crippen LogP contribution >= 0.6 is 23.7 Å². The molecule has 0 atom stereocenters. The summed E-state index contributed by atoms with van der Waals surface area (Å²) in [6, 6.07) is 1.86. The molecule has 0 aliphatic carbocycles. The number of carbonyl (C=O) groups excluding carboxylic acids is 2. The number of thiophene rings is 1. The minimum Gasteiger partial charge on any atom is -0.384 e. The molecule has 27 heavy (non-hydrogen) atoms. The molecule has 3 N–H and O–H groups in total. The standard InChI is InChI=1S/C19H31N3O3S.ClH/c1-13-10-14(22-17(24)18(2,3)4)26-15(13)16(23)21-11-19(12-25-5)6-8-20-9-7-19;/h10,20H,6-9,11-12H2,1-5H3,(H,21,23)(H,22,24);1H. The van der Waals surface area contributed by atoms with Gasteiger partial charge in [-0.2, -0.15) is 0 Å². The van der Waals surface area contributed by atoms with Gasteiger partial charge in [-0.15, -0.1) is 23.7 Å². The molecule has 6 nitrogen and oxygen atoms in total. The summed E-state index contributed by atoms with van der Waals surface area (Å²) in [5.74, 6) is -0.141. The van der Waals surface area contributed by atoms with E-state index in [1.807, 2.05) is 33.8 Å². The van der Waals surface area contributed by atoms with Crippen molar-refractivity contribution in [1.29, 1.82) is 0 Å². The van der Waals surface area contributed by atoms with Crippen LogP contribution in [-0.2, 0) is 9.53 Å². The summed E-state index contributed by atoms with van der Waals surface area (Å²) in [5.41, 5.74) is 0.397. The quantitative estimate of drug-likeness (QED) is 0.664. The number of carbonyl (C=O) groups is 2. The number of ether oxygens (including phenoxy) is 1. The third kappa shape index (κ3) is 6.45. The fourth-order valence-corrected chi connectivity index (χ4v) is 4.04. The molecule has 0 bridgehead atoms. The first-order valence-corrected chi connectivity index (χ1v) is 9.88. The third-order valence-electron chi connectivity index (χ3n) is 4.78. The van der Waals surface area contributed by atoms with Crippen molar-refractivity contribution in [2.24, 2.45) is 10.8 Å². The highest BCUT2D eigenvalue weighted by atomic mass is 35.5. The summed E-state index contributed by atoms with van der Waals surface area (Å²) in [7, 11) is 1.71. The molecule has 1 aliphatic rings. The van der Waals surface area contributed by atoms with Crippen LogP contribution in [-0.4, -0.2) is 45.2 Å². The Hall–Kier alpha value is -1.15. The summed E-state index contributed by atoms with van der Waals surface area (Å²) in [5, 5.41) is 10.0. The number of piperidine rings is 1. The minimum atomic E-state index is -0.470. The first-order chi connectivity index (χ1) is 12.2. The summed E-state index contributed by atoms with van der Waals surface area (Å²) in [6.45, 7) is 10.6. The van der Waals surface area contributed by atoms with E-state index in [0.29, 0.717) is 23.0 Å². The summed E-state index contributed by atoms with van der Waals surface area (Å²) in [6.07, 6.45) is 1.97. The van der Waals surface area contributed by atoms with Crippen LogP contribution in [0.2, 0.25) is 0 Å². The first-order valence-electron chi connectivity index (χ1n) is 9.07. The van der Waals surface area contributed by atoms with Crippen LogP contribution in [0.3, 0.4) is 0 Å². The summed E-state index contributed by atoms with van der Waals surface area (Å²) >= 11 is 1.32. The van der Waals surface area contributed by atoms with E-state index < -0.39 is 5.41 Å². The predicted octanol–water partition coefficient (Wildman–Crippen LogP) is 3.21. The predicted molar refractivity (Wildman–Crippen MR) is 113 cm³/mol. The number of rotatable bonds is 6. The molecule has 0 aromatic carbocycles. The Morgan fingerprint density at radius 2 is 1.93 bits per heavy atom. The van der Waals surface area contributed by atoms with Crippen molar-refractivity contribution in [2.45, 2.75) is 40.5 Å². The normalized spacial score (nSPS) is 16.3. The topological polar surface area (TPSA) is 79.5 Å². The van der Waals surface area contributed by atoms with Crippen LogP contribution in [0.5, 0.6) is 0 Å². The second-order valence-corrected chi connectivity index (χ2v) is 9.24. The molecule has 8 heteroatoms. The molecule has 0 saturated carbocycles. The number of nitrogens with one attached hydrogen (secondary N) is 3. The van der Waals surface area contributed by atoms with Crippen molar-refractivity contribution < 1.29 is 14.3 Å². The number of amides is 2. The van der Waals surface area contributed by atoms with E-state index in [9.17, 15) is 9.59 Å². The monoisotopic (exact) mass is 417 g/mol. The van der Waals surface area contributed by atoms with Gasteiger partial charge in [0, 0.05) is 24.5 Å². The van der Waals surface area contributed by atoms with Gasteiger partial charge in [0.1, 0.15) is 0 Å². The number of hydrogen-bond donors (Lipinski definition) is 3. The SMILES string of the molecule is COCC1(CNC(=O)c2sc(NC(=O)C(C)(C)C)cc2C)CCNCC1.Cl. The molecule has 0 radical (unpaired) electrons. The fraction of sp³-hybridized carbons (Fsp3) is 0.684. The number of aryl methyl sites for hydroxylation is 1. The van der Waals surface area contributed by atoms with Gasteiger partial charge in [0.25, 0.3) is 5.91 Å². The van der Waals surface area contributed by atoms with Gasteiger partial charge in [-0.1, -0.05) is 20.8 Å². The molecular weight excluding hydrogens is 386 g/mol. The van der Waals surface area contributed by atoms with Crippen molar-refractivity contribution in [3.05, 3.63) is 16.5 Å².